The molecule has 0 saturated carbocycles. The highest BCUT2D eigenvalue weighted by Crippen LogP contribution is 2.37. The van der Waals surface area contributed by atoms with Crippen molar-refractivity contribution in [2.75, 3.05) is 4.90 Å². The minimum absolute atomic E-state index is 0.341. The number of amides is 2. The van der Waals surface area contributed by atoms with Crippen molar-refractivity contribution in [2.45, 2.75) is 13.8 Å². The summed E-state index contributed by atoms with van der Waals surface area (Å²) in [7, 11) is 0. The number of hydrogen-bond donors (Lipinski definition) is 0. The number of nitrogens with zero attached hydrogens (tertiary/aromatic N) is 2. The summed E-state index contributed by atoms with van der Waals surface area (Å²) in [6.07, 6.45) is 1.75. The molecule has 0 radical (unpaired) electrons. The van der Waals surface area contributed by atoms with Gasteiger partial charge < -0.3 is 4.57 Å². The number of hydrogen-bond acceptors (Lipinski definition) is 3. The van der Waals surface area contributed by atoms with E-state index in [1.807, 2.05) is 30.5 Å². The van der Waals surface area contributed by atoms with Crippen LogP contribution in [-0.4, -0.2) is 15.7 Å². The van der Waals surface area contributed by atoms with Gasteiger partial charge in [0, 0.05) is 22.1 Å². The van der Waals surface area contributed by atoms with E-state index in [0.29, 0.717) is 25.7 Å². The number of carbonyl (C=O) groups is 2. The van der Waals surface area contributed by atoms with Crippen LogP contribution in [0.5, 0.6) is 0 Å². The van der Waals surface area contributed by atoms with E-state index in [4.69, 9.17) is 34.8 Å². The van der Waals surface area contributed by atoms with Gasteiger partial charge in [0.2, 0.25) is 0 Å². The van der Waals surface area contributed by atoms with E-state index >= 15 is 0 Å². The van der Waals surface area contributed by atoms with Crippen LogP contribution in [0.4, 0.5) is 10.5 Å². The quantitative estimate of drug-likeness (QED) is 0.372. The first-order chi connectivity index (χ1) is 14.3. The molecule has 0 N–H and O–H groups in total. The fraction of sp³-hybridized carbons (Fsp3) is 0.0909. The van der Waals surface area contributed by atoms with Crippen LogP contribution in [0.25, 0.3) is 11.8 Å². The number of aromatic nitrogens is 1. The van der Waals surface area contributed by atoms with Crippen LogP contribution in [-0.2, 0) is 4.79 Å². The standard InChI is InChI=1S/C22H15Cl3N2O2S/c1-12-9-14(13(2)26(12)17-7-8-18(24)19(25)11-17)10-20-21(28)27(22(29)30-20)16-5-3-15(23)4-6-16/h3-11H,1-2H3/b20-10-. The summed E-state index contributed by atoms with van der Waals surface area (Å²) >= 11 is 19.0. The van der Waals surface area contributed by atoms with Gasteiger partial charge in [0.15, 0.2) is 0 Å². The van der Waals surface area contributed by atoms with Crippen molar-refractivity contribution in [1.82, 2.24) is 4.57 Å². The first kappa shape index (κ1) is 21.1. The molecule has 152 valence electrons. The van der Waals surface area contributed by atoms with Gasteiger partial charge in [-0.25, -0.2) is 4.90 Å². The van der Waals surface area contributed by atoms with Crippen LogP contribution in [0, 0.1) is 13.8 Å². The Morgan fingerprint density at radius 3 is 2.20 bits per heavy atom. The molecule has 0 unspecified atom stereocenters. The van der Waals surface area contributed by atoms with Gasteiger partial charge in [-0.15, -0.1) is 0 Å². The van der Waals surface area contributed by atoms with E-state index in [1.54, 1.807) is 42.5 Å². The summed E-state index contributed by atoms with van der Waals surface area (Å²) in [4.78, 5) is 26.9. The van der Waals surface area contributed by atoms with E-state index in [9.17, 15) is 9.59 Å². The number of carbonyl (C=O) groups excluding carboxylic acids is 2. The molecule has 1 aliphatic rings. The second kappa shape index (κ2) is 8.16. The van der Waals surface area contributed by atoms with Crippen LogP contribution >= 0.6 is 46.6 Å². The summed E-state index contributed by atoms with van der Waals surface area (Å²) in [6.45, 7) is 3.91. The predicted octanol–water partition coefficient (Wildman–Crippen LogP) is 7.30. The molecule has 3 aromatic rings. The molecule has 1 saturated heterocycles. The molecule has 30 heavy (non-hydrogen) atoms. The van der Waals surface area contributed by atoms with Gasteiger partial charge in [0.1, 0.15) is 0 Å². The average Bonchev–Trinajstić information content (AvgIpc) is 3.13. The Bertz CT molecular complexity index is 1220. The van der Waals surface area contributed by atoms with Crippen LogP contribution in [0.15, 0.2) is 53.4 Å². The molecule has 1 aliphatic heterocycles. The van der Waals surface area contributed by atoms with Gasteiger partial charge in [-0.3, -0.25) is 9.59 Å². The molecule has 2 amide bonds. The molecule has 0 atom stereocenters. The van der Waals surface area contributed by atoms with E-state index in [-0.39, 0.29) is 11.1 Å². The topological polar surface area (TPSA) is 42.3 Å². The van der Waals surface area contributed by atoms with Crippen LogP contribution in [0.2, 0.25) is 15.1 Å². The lowest BCUT2D eigenvalue weighted by Crippen LogP contribution is -2.27. The number of anilines is 1. The second-order valence-electron chi connectivity index (χ2n) is 6.75. The fourth-order valence-electron chi connectivity index (χ4n) is 3.38. The van der Waals surface area contributed by atoms with E-state index in [1.165, 1.54) is 0 Å². The maximum absolute atomic E-state index is 12.9. The van der Waals surface area contributed by atoms with Gasteiger partial charge in [0.05, 0.1) is 20.6 Å². The summed E-state index contributed by atoms with van der Waals surface area (Å²) < 4.78 is 2.03. The number of benzene rings is 2. The Morgan fingerprint density at radius 2 is 1.53 bits per heavy atom. The molecular formula is C22H15Cl3N2O2S. The molecule has 0 bridgehead atoms. The van der Waals surface area contributed by atoms with E-state index in [2.05, 4.69) is 0 Å². The Labute approximate surface area is 193 Å². The molecule has 4 nitrogen and oxygen atoms in total. The molecule has 8 heteroatoms. The van der Waals surface area contributed by atoms with E-state index in [0.717, 1.165) is 39.3 Å². The van der Waals surface area contributed by atoms with Gasteiger partial charge in [-0.2, -0.15) is 0 Å². The smallest absolute Gasteiger partial charge is 0.298 e. The van der Waals surface area contributed by atoms with Crippen LogP contribution < -0.4 is 4.90 Å². The van der Waals surface area contributed by atoms with Gasteiger partial charge in [-0.05, 0) is 85.8 Å². The molecule has 0 spiro atoms. The summed E-state index contributed by atoms with van der Waals surface area (Å²) in [5, 5.41) is 1.15. The highest BCUT2D eigenvalue weighted by Gasteiger charge is 2.36. The summed E-state index contributed by atoms with van der Waals surface area (Å²) in [5.41, 5.74) is 4.10. The Hall–Kier alpha value is -2.18. The number of imide groups is 1. The maximum atomic E-state index is 12.9. The van der Waals surface area contributed by atoms with Crippen LogP contribution in [0.1, 0.15) is 17.0 Å². The monoisotopic (exact) mass is 476 g/mol. The molecule has 1 aromatic heterocycles. The average molecular weight is 478 g/mol. The predicted molar refractivity (Wildman–Crippen MR) is 125 cm³/mol. The molecule has 2 heterocycles. The minimum Gasteiger partial charge on any atom is -0.318 e. The maximum Gasteiger partial charge on any atom is 0.298 e. The fourth-order valence-corrected chi connectivity index (χ4v) is 4.63. The zero-order valence-electron chi connectivity index (χ0n) is 15.9. The highest BCUT2D eigenvalue weighted by molar-refractivity contribution is 8.19. The largest absolute Gasteiger partial charge is 0.318 e. The molecule has 4 rings (SSSR count). The zero-order chi connectivity index (χ0) is 21.6. The first-order valence-corrected chi connectivity index (χ1v) is 10.9. The zero-order valence-corrected chi connectivity index (χ0v) is 19.0. The number of thioether (sulfide) groups is 1. The minimum atomic E-state index is -0.355. The van der Waals surface area contributed by atoms with E-state index < -0.39 is 0 Å². The number of rotatable bonds is 3. The third-order valence-corrected chi connectivity index (χ3v) is 6.66. The third-order valence-electron chi connectivity index (χ3n) is 4.80. The second-order valence-corrected chi connectivity index (χ2v) is 9.00. The van der Waals surface area contributed by atoms with Crippen molar-refractivity contribution >= 4 is 69.5 Å². The third kappa shape index (κ3) is 3.79. The molecule has 0 aliphatic carbocycles. The first-order valence-electron chi connectivity index (χ1n) is 8.94. The summed E-state index contributed by atoms with van der Waals surface area (Å²) in [6, 6.07) is 14.0. The van der Waals surface area contributed by atoms with Crippen molar-refractivity contribution in [3.05, 3.63) is 85.5 Å². The molecule has 1 fully saturated rings. The molecule has 2 aromatic carbocycles. The van der Waals surface area contributed by atoms with Gasteiger partial charge in [-0.1, -0.05) is 34.8 Å². The van der Waals surface area contributed by atoms with Crippen molar-refractivity contribution in [1.29, 1.82) is 0 Å². The lowest BCUT2D eigenvalue weighted by Gasteiger charge is -2.12. The number of aryl methyl sites for hydroxylation is 1. The van der Waals surface area contributed by atoms with Crippen molar-refractivity contribution < 1.29 is 9.59 Å². The Kier molecular flexibility index (Phi) is 5.73. The lowest BCUT2D eigenvalue weighted by molar-refractivity contribution is -0.113. The van der Waals surface area contributed by atoms with Gasteiger partial charge in [0.25, 0.3) is 11.1 Å². The lowest BCUT2D eigenvalue weighted by atomic mass is 10.2. The van der Waals surface area contributed by atoms with Crippen molar-refractivity contribution in [3.63, 3.8) is 0 Å². The highest BCUT2D eigenvalue weighted by atomic mass is 35.5. The Morgan fingerprint density at radius 1 is 0.867 bits per heavy atom. The Balaban J connectivity index is 1.70. The van der Waals surface area contributed by atoms with Crippen LogP contribution in [0.3, 0.4) is 0 Å². The van der Waals surface area contributed by atoms with Crippen molar-refractivity contribution in [2.24, 2.45) is 0 Å². The summed E-state index contributed by atoms with van der Waals surface area (Å²) in [5.74, 6) is -0.355. The van der Waals surface area contributed by atoms with Gasteiger partial charge >= 0.3 is 0 Å². The normalized spacial score (nSPS) is 15.5. The van der Waals surface area contributed by atoms with Crippen molar-refractivity contribution in [3.8, 4) is 5.69 Å². The molecular weight excluding hydrogens is 463 g/mol. The SMILES string of the molecule is Cc1cc(/C=C2\SC(=O)N(c3ccc(Cl)cc3)C2=O)c(C)n1-c1ccc(Cl)c(Cl)c1. The number of halogens is 3.